The number of halogens is 1. The van der Waals surface area contributed by atoms with Crippen molar-refractivity contribution in [1.29, 1.82) is 0 Å². The van der Waals surface area contributed by atoms with E-state index in [1.807, 2.05) is 18.4 Å². The Labute approximate surface area is 139 Å². The minimum Gasteiger partial charge on any atom is -0.495 e. The summed E-state index contributed by atoms with van der Waals surface area (Å²) in [5.41, 5.74) is 0.669. The van der Waals surface area contributed by atoms with E-state index in [0.29, 0.717) is 23.0 Å². The Kier molecular flexibility index (Phi) is 6.24. The van der Waals surface area contributed by atoms with Gasteiger partial charge in [-0.15, -0.1) is 11.3 Å². The molecule has 0 bridgehead atoms. The van der Waals surface area contributed by atoms with Gasteiger partial charge < -0.3 is 10.1 Å². The maximum atomic E-state index is 12.2. The van der Waals surface area contributed by atoms with E-state index in [0.717, 1.165) is 13.1 Å². The summed E-state index contributed by atoms with van der Waals surface area (Å²) >= 11 is 7.75. The molecule has 0 aliphatic heterocycles. The first-order valence-corrected chi connectivity index (χ1v) is 8.26. The van der Waals surface area contributed by atoms with Crippen molar-refractivity contribution in [2.45, 2.75) is 13.5 Å². The Morgan fingerprint density at radius 1 is 1.41 bits per heavy atom. The maximum absolute atomic E-state index is 12.2. The number of rotatable bonds is 7. The number of carbonyl (C=O) groups excluding carboxylic acids is 1. The molecular formula is C16H19ClN2O2S. The number of thiophene rings is 1. The molecule has 1 N–H and O–H groups in total. The fourth-order valence-electron chi connectivity index (χ4n) is 2.05. The van der Waals surface area contributed by atoms with Crippen molar-refractivity contribution < 1.29 is 9.53 Å². The second kappa shape index (κ2) is 8.17. The molecule has 0 radical (unpaired) electrons. The molecule has 0 saturated heterocycles. The van der Waals surface area contributed by atoms with Crippen molar-refractivity contribution in [3.63, 3.8) is 0 Å². The maximum Gasteiger partial charge on any atom is 0.238 e. The summed E-state index contributed by atoms with van der Waals surface area (Å²) in [6, 6.07) is 9.30. The highest BCUT2D eigenvalue weighted by Crippen LogP contribution is 2.27. The van der Waals surface area contributed by atoms with E-state index < -0.39 is 0 Å². The van der Waals surface area contributed by atoms with Gasteiger partial charge in [-0.3, -0.25) is 9.69 Å². The number of nitrogens with zero attached hydrogens (tertiary/aromatic N) is 1. The molecule has 1 heterocycles. The molecule has 0 unspecified atom stereocenters. The van der Waals surface area contributed by atoms with Gasteiger partial charge in [0.2, 0.25) is 5.91 Å². The molecule has 0 spiro atoms. The normalized spacial score (nSPS) is 10.7. The molecule has 0 fully saturated rings. The summed E-state index contributed by atoms with van der Waals surface area (Å²) in [6.07, 6.45) is 0. The molecule has 118 valence electrons. The van der Waals surface area contributed by atoms with Crippen molar-refractivity contribution in [2.75, 3.05) is 25.5 Å². The van der Waals surface area contributed by atoms with E-state index >= 15 is 0 Å². The van der Waals surface area contributed by atoms with Gasteiger partial charge in [-0.1, -0.05) is 24.6 Å². The zero-order valence-electron chi connectivity index (χ0n) is 12.6. The molecule has 0 saturated carbocycles. The lowest BCUT2D eigenvalue weighted by Gasteiger charge is -2.19. The van der Waals surface area contributed by atoms with E-state index in [1.165, 1.54) is 4.88 Å². The van der Waals surface area contributed by atoms with Gasteiger partial charge >= 0.3 is 0 Å². The van der Waals surface area contributed by atoms with Crippen LogP contribution in [0.4, 0.5) is 5.69 Å². The molecule has 6 heteroatoms. The molecule has 1 amide bonds. The number of hydrogen-bond donors (Lipinski definition) is 1. The van der Waals surface area contributed by atoms with Crippen LogP contribution in [0.15, 0.2) is 35.7 Å². The van der Waals surface area contributed by atoms with E-state index in [9.17, 15) is 4.79 Å². The zero-order valence-corrected chi connectivity index (χ0v) is 14.2. The first-order valence-electron chi connectivity index (χ1n) is 7.00. The molecule has 2 aromatic rings. The number of amides is 1. The summed E-state index contributed by atoms with van der Waals surface area (Å²) in [6.45, 7) is 3.99. The first-order chi connectivity index (χ1) is 10.6. The molecule has 1 aromatic carbocycles. The van der Waals surface area contributed by atoms with Crippen LogP contribution in [-0.4, -0.2) is 31.0 Å². The molecular weight excluding hydrogens is 320 g/mol. The van der Waals surface area contributed by atoms with Crippen molar-refractivity contribution in [2.24, 2.45) is 0 Å². The van der Waals surface area contributed by atoms with Crippen molar-refractivity contribution >= 4 is 34.5 Å². The number of likely N-dealkylation sites (N-methyl/N-ethyl adjacent to an activating group) is 1. The summed E-state index contributed by atoms with van der Waals surface area (Å²) in [5, 5.41) is 5.38. The van der Waals surface area contributed by atoms with Gasteiger partial charge in [0, 0.05) is 17.1 Å². The van der Waals surface area contributed by atoms with Crippen LogP contribution in [0.3, 0.4) is 0 Å². The highest BCUT2D eigenvalue weighted by atomic mass is 35.5. The van der Waals surface area contributed by atoms with Crippen LogP contribution >= 0.6 is 22.9 Å². The monoisotopic (exact) mass is 338 g/mol. The summed E-state index contributed by atoms with van der Waals surface area (Å²) in [4.78, 5) is 15.5. The van der Waals surface area contributed by atoms with Crippen LogP contribution in [0.2, 0.25) is 5.02 Å². The fourth-order valence-corrected chi connectivity index (χ4v) is 3.05. The van der Waals surface area contributed by atoms with E-state index in [4.69, 9.17) is 16.3 Å². The number of anilines is 1. The van der Waals surface area contributed by atoms with Crippen LogP contribution in [0.1, 0.15) is 11.8 Å². The number of nitrogens with one attached hydrogen (secondary N) is 1. The summed E-state index contributed by atoms with van der Waals surface area (Å²) < 4.78 is 5.09. The topological polar surface area (TPSA) is 41.6 Å². The Morgan fingerprint density at radius 2 is 2.23 bits per heavy atom. The lowest BCUT2D eigenvalue weighted by atomic mass is 10.3. The Hall–Kier alpha value is -1.56. The number of ether oxygens (including phenoxy) is 1. The zero-order chi connectivity index (χ0) is 15.9. The second-order valence-corrected chi connectivity index (χ2v) is 6.22. The average Bonchev–Trinajstić information content (AvgIpc) is 2.99. The Balaban J connectivity index is 1.92. The van der Waals surface area contributed by atoms with Gasteiger partial charge in [0.15, 0.2) is 0 Å². The third-order valence-electron chi connectivity index (χ3n) is 3.21. The SMILES string of the molecule is CCN(CC(=O)Nc1ccc(OC)c(Cl)c1)Cc1cccs1. The third kappa shape index (κ3) is 4.73. The summed E-state index contributed by atoms with van der Waals surface area (Å²) in [5.74, 6) is 0.534. The molecule has 0 aliphatic rings. The van der Waals surface area contributed by atoms with Gasteiger partial charge in [-0.25, -0.2) is 0 Å². The predicted octanol–water partition coefficient (Wildman–Crippen LogP) is 3.87. The quantitative estimate of drug-likeness (QED) is 0.833. The van der Waals surface area contributed by atoms with Crippen molar-refractivity contribution in [3.8, 4) is 5.75 Å². The van der Waals surface area contributed by atoms with Crippen LogP contribution in [-0.2, 0) is 11.3 Å². The van der Waals surface area contributed by atoms with Crippen molar-refractivity contribution in [1.82, 2.24) is 4.90 Å². The molecule has 0 aliphatic carbocycles. The van der Waals surface area contributed by atoms with Gasteiger partial charge in [0.25, 0.3) is 0 Å². The highest BCUT2D eigenvalue weighted by Gasteiger charge is 2.11. The smallest absolute Gasteiger partial charge is 0.238 e. The predicted molar refractivity (Wildman–Crippen MR) is 91.9 cm³/mol. The number of hydrogen-bond acceptors (Lipinski definition) is 4. The molecule has 0 atom stereocenters. The lowest BCUT2D eigenvalue weighted by Crippen LogP contribution is -2.32. The van der Waals surface area contributed by atoms with Gasteiger partial charge in [-0.05, 0) is 36.2 Å². The molecule has 2 rings (SSSR count). The highest BCUT2D eigenvalue weighted by molar-refractivity contribution is 7.09. The lowest BCUT2D eigenvalue weighted by molar-refractivity contribution is -0.117. The van der Waals surface area contributed by atoms with E-state index in [1.54, 1.807) is 36.6 Å². The summed E-state index contributed by atoms with van der Waals surface area (Å²) in [7, 11) is 1.56. The number of methoxy groups -OCH3 is 1. The minimum atomic E-state index is -0.0559. The second-order valence-electron chi connectivity index (χ2n) is 4.78. The van der Waals surface area contributed by atoms with Crippen LogP contribution in [0, 0.1) is 0 Å². The number of benzene rings is 1. The van der Waals surface area contributed by atoms with Gasteiger partial charge in [-0.2, -0.15) is 0 Å². The van der Waals surface area contributed by atoms with Crippen LogP contribution in [0.25, 0.3) is 0 Å². The average molecular weight is 339 g/mol. The molecule has 1 aromatic heterocycles. The van der Waals surface area contributed by atoms with Gasteiger partial charge in [0.05, 0.1) is 18.7 Å². The number of carbonyl (C=O) groups is 1. The van der Waals surface area contributed by atoms with Crippen LogP contribution < -0.4 is 10.1 Å². The fraction of sp³-hybridized carbons (Fsp3) is 0.312. The van der Waals surface area contributed by atoms with Gasteiger partial charge in [0.1, 0.15) is 5.75 Å². The largest absolute Gasteiger partial charge is 0.495 e. The van der Waals surface area contributed by atoms with Crippen molar-refractivity contribution in [3.05, 3.63) is 45.6 Å². The Morgan fingerprint density at radius 3 is 2.82 bits per heavy atom. The third-order valence-corrected chi connectivity index (χ3v) is 4.37. The molecule has 22 heavy (non-hydrogen) atoms. The Bertz CT molecular complexity index is 617. The van der Waals surface area contributed by atoms with E-state index in [2.05, 4.69) is 16.3 Å². The standard InChI is InChI=1S/C16H19ClN2O2S/c1-3-19(10-13-5-4-8-22-13)11-16(20)18-12-6-7-15(21-2)14(17)9-12/h4-9H,3,10-11H2,1-2H3,(H,18,20). The van der Waals surface area contributed by atoms with E-state index in [-0.39, 0.29) is 5.91 Å². The van der Waals surface area contributed by atoms with Crippen LogP contribution in [0.5, 0.6) is 5.75 Å². The molecule has 4 nitrogen and oxygen atoms in total. The minimum absolute atomic E-state index is 0.0559. The first kappa shape index (κ1) is 16.8.